The Balaban J connectivity index is 2.10. The molecule has 0 saturated carbocycles. The predicted octanol–water partition coefficient (Wildman–Crippen LogP) is 7.50. The fraction of sp³-hybridized carbons (Fsp3) is 0.400. The number of phenolic OH excluding ortho intramolecular Hbond substituents is 1. The number of ether oxygens (including phenoxy) is 1. The second-order valence-electron chi connectivity index (χ2n) is 12.0. The van der Waals surface area contributed by atoms with Gasteiger partial charge in [-0.3, -0.25) is 9.59 Å². The Morgan fingerprint density at radius 1 is 0.977 bits per heavy atom. The summed E-state index contributed by atoms with van der Waals surface area (Å²) in [5, 5.41) is 15.9. The number of unbranched alkanes of at least 4 members (excludes halogenated alkanes) is 2. The number of aromatic hydroxyl groups is 1. The smallest absolute Gasteiger partial charge is 0.408 e. The molecule has 0 bridgehead atoms. The molecule has 2 unspecified atom stereocenters. The summed E-state index contributed by atoms with van der Waals surface area (Å²) >= 11 is 6.48. The van der Waals surface area contributed by atoms with E-state index in [1.54, 1.807) is 43.9 Å². The van der Waals surface area contributed by atoms with Crippen molar-refractivity contribution in [3.8, 4) is 5.75 Å². The molecule has 0 saturated heterocycles. The van der Waals surface area contributed by atoms with E-state index in [0.717, 1.165) is 24.0 Å². The number of benzene rings is 3. The van der Waals surface area contributed by atoms with E-state index >= 15 is 0 Å². The van der Waals surface area contributed by atoms with E-state index in [1.807, 2.05) is 50.2 Å². The lowest BCUT2D eigenvalue weighted by Crippen LogP contribution is -2.53. The van der Waals surface area contributed by atoms with Crippen LogP contribution < -0.4 is 10.6 Å². The number of halogens is 1. The highest BCUT2D eigenvalue weighted by Crippen LogP contribution is 2.30. The van der Waals surface area contributed by atoms with Crippen LogP contribution in [0.1, 0.15) is 75.3 Å². The first-order valence-corrected chi connectivity index (χ1v) is 15.4. The molecule has 0 radical (unpaired) electrons. The van der Waals surface area contributed by atoms with Crippen LogP contribution in [0, 0.1) is 13.8 Å². The quantitative estimate of drug-likeness (QED) is 0.182. The molecule has 0 aromatic heterocycles. The fourth-order valence-electron chi connectivity index (χ4n) is 4.91. The van der Waals surface area contributed by atoms with Gasteiger partial charge in [-0.1, -0.05) is 85.5 Å². The number of alkyl carbamates (subject to hydrolysis) is 1. The Morgan fingerprint density at radius 2 is 1.66 bits per heavy atom. The minimum Gasteiger partial charge on any atom is -0.508 e. The number of aryl methyl sites for hydroxylation is 2. The average Bonchev–Trinajstić information content (AvgIpc) is 2.94. The first kappa shape index (κ1) is 34.5. The van der Waals surface area contributed by atoms with E-state index in [0.29, 0.717) is 28.3 Å². The van der Waals surface area contributed by atoms with Crippen molar-refractivity contribution in [1.29, 1.82) is 0 Å². The molecule has 3 aromatic rings. The third-order valence-corrected chi connectivity index (χ3v) is 7.35. The third kappa shape index (κ3) is 10.0. The van der Waals surface area contributed by atoms with Crippen molar-refractivity contribution in [3.05, 3.63) is 94.0 Å². The lowest BCUT2D eigenvalue weighted by atomic mass is 9.98. The average molecular weight is 622 g/mol. The molecule has 8 nitrogen and oxygen atoms in total. The lowest BCUT2D eigenvalue weighted by molar-refractivity contribution is -0.140. The molecule has 0 spiro atoms. The van der Waals surface area contributed by atoms with Gasteiger partial charge in [-0.05, 0) is 75.9 Å². The summed E-state index contributed by atoms with van der Waals surface area (Å²) in [4.78, 5) is 43.4. The van der Waals surface area contributed by atoms with E-state index in [-0.39, 0.29) is 18.7 Å². The van der Waals surface area contributed by atoms with E-state index in [9.17, 15) is 19.5 Å². The van der Waals surface area contributed by atoms with Crippen LogP contribution in [0.15, 0.2) is 66.7 Å². The van der Waals surface area contributed by atoms with Gasteiger partial charge in [-0.2, -0.15) is 0 Å². The van der Waals surface area contributed by atoms with E-state index in [4.69, 9.17) is 16.3 Å². The minimum absolute atomic E-state index is 0.0870. The molecule has 0 aliphatic carbocycles. The summed E-state index contributed by atoms with van der Waals surface area (Å²) in [6.45, 7) is 11.4. The molecular formula is C35H44ClN3O5. The van der Waals surface area contributed by atoms with Gasteiger partial charge in [-0.15, -0.1) is 0 Å². The van der Waals surface area contributed by atoms with Crippen molar-refractivity contribution in [3.63, 3.8) is 0 Å². The topological polar surface area (TPSA) is 108 Å². The van der Waals surface area contributed by atoms with Crippen molar-refractivity contribution in [2.45, 2.75) is 84.9 Å². The van der Waals surface area contributed by atoms with Crippen LogP contribution in [0.5, 0.6) is 5.75 Å². The lowest BCUT2D eigenvalue weighted by Gasteiger charge is -2.35. The van der Waals surface area contributed by atoms with Crippen LogP contribution in [0.25, 0.3) is 0 Å². The normalized spacial score (nSPS) is 12.6. The zero-order chi connectivity index (χ0) is 32.4. The van der Waals surface area contributed by atoms with Crippen molar-refractivity contribution in [1.82, 2.24) is 10.2 Å². The summed E-state index contributed by atoms with van der Waals surface area (Å²) in [7, 11) is 0. The maximum atomic E-state index is 14.6. The van der Waals surface area contributed by atoms with Gasteiger partial charge in [0.25, 0.3) is 5.91 Å². The van der Waals surface area contributed by atoms with Crippen molar-refractivity contribution in [2.75, 3.05) is 11.9 Å². The Morgan fingerprint density at radius 3 is 2.27 bits per heavy atom. The van der Waals surface area contributed by atoms with Gasteiger partial charge in [0.15, 0.2) is 0 Å². The molecule has 3 aromatic carbocycles. The first-order valence-electron chi connectivity index (χ1n) is 15.0. The predicted molar refractivity (Wildman–Crippen MR) is 175 cm³/mol. The molecule has 0 aliphatic rings. The highest BCUT2D eigenvalue weighted by molar-refractivity contribution is 6.34. The molecule has 3 N–H and O–H groups in total. The van der Waals surface area contributed by atoms with Gasteiger partial charge < -0.3 is 25.4 Å². The Bertz CT molecular complexity index is 1410. The number of rotatable bonds is 12. The number of hydrogen-bond acceptors (Lipinski definition) is 5. The molecule has 3 amide bonds. The number of carbonyl (C=O) groups is 3. The highest BCUT2D eigenvalue weighted by Gasteiger charge is 2.36. The zero-order valence-corrected chi connectivity index (χ0v) is 27.2. The number of carbonyl (C=O) groups excluding carboxylic acids is 3. The maximum Gasteiger partial charge on any atom is 0.408 e. The molecule has 0 aliphatic heterocycles. The van der Waals surface area contributed by atoms with Crippen molar-refractivity contribution in [2.24, 2.45) is 0 Å². The van der Waals surface area contributed by atoms with Crippen LogP contribution in [0.3, 0.4) is 0 Å². The fourth-order valence-corrected chi connectivity index (χ4v) is 5.18. The molecular weight excluding hydrogens is 578 g/mol. The standard InChI is InChI=1S/C35H44ClN3O5/c1-7-8-9-20-39(33(42)29(37-34(43)44-35(4,5)6)22-25-16-18-27(40)19-17-25)31(26-14-10-12-23(2)21-26)32(41)38-30-24(3)13-11-15-28(30)36/h10-19,21,29,31,40H,7-9,20,22H2,1-6H3,(H,37,43)(H,38,41). The largest absolute Gasteiger partial charge is 0.508 e. The van der Waals surface area contributed by atoms with Gasteiger partial charge in [-0.25, -0.2) is 4.79 Å². The van der Waals surface area contributed by atoms with E-state index in [1.165, 1.54) is 12.1 Å². The number of amides is 3. The number of nitrogens with one attached hydrogen (secondary N) is 2. The monoisotopic (exact) mass is 621 g/mol. The number of phenols is 1. The summed E-state index contributed by atoms with van der Waals surface area (Å²) in [6.07, 6.45) is 1.79. The molecule has 2 atom stereocenters. The van der Waals surface area contributed by atoms with Crippen LogP contribution in [0.4, 0.5) is 10.5 Å². The Labute approximate surface area is 265 Å². The second-order valence-corrected chi connectivity index (χ2v) is 12.5. The summed E-state index contributed by atoms with van der Waals surface area (Å²) < 4.78 is 5.51. The molecule has 0 heterocycles. The van der Waals surface area contributed by atoms with Gasteiger partial charge >= 0.3 is 6.09 Å². The molecule has 9 heteroatoms. The molecule has 236 valence electrons. The van der Waals surface area contributed by atoms with Gasteiger partial charge in [0, 0.05) is 13.0 Å². The summed E-state index contributed by atoms with van der Waals surface area (Å²) in [5.74, 6) is -0.765. The minimum atomic E-state index is -1.06. The number of hydrogen-bond donors (Lipinski definition) is 3. The first-order chi connectivity index (χ1) is 20.8. The van der Waals surface area contributed by atoms with Crippen molar-refractivity contribution >= 4 is 35.2 Å². The van der Waals surface area contributed by atoms with E-state index in [2.05, 4.69) is 17.6 Å². The number of para-hydroxylation sites is 1. The number of anilines is 1. The zero-order valence-electron chi connectivity index (χ0n) is 26.4. The summed E-state index contributed by atoms with van der Waals surface area (Å²) in [6, 6.07) is 17.2. The molecule has 44 heavy (non-hydrogen) atoms. The SMILES string of the molecule is CCCCCN(C(=O)C(Cc1ccc(O)cc1)NC(=O)OC(C)(C)C)C(C(=O)Nc1c(C)cccc1Cl)c1cccc(C)c1. The van der Waals surface area contributed by atoms with Crippen LogP contribution in [0.2, 0.25) is 5.02 Å². The van der Waals surface area contributed by atoms with Gasteiger partial charge in [0.1, 0.15) is 23.4 Å². The maximum absolute atomic E-state index is 14.6. The van der Waals surface area contributed by atoms with Gasteiger partial charge in [0.05, 0.1) is 10.7 Å². The van der Waals surface area contributed by atoms with Crippen LogP contribution in [-0.4, -0.2) is 46.1 Å². The van der Waals surface area contributed by atoms with Crippen LogP contribution in [-0.2, 0) is 20.7 Å². The molecule has 0 fully saturated rings. The number of nitrogens with zero attached hydrogens (tertiary/aromatic N) is 1. The van der Waals surface area contributed by atoms with Gasteiger partial charge in [0.2, 0.25) is 5.91 Å². The summed E-state index contributed by atoms with van der Waals surface area (Å²) in [5.41, 5.74) is 2.77. The van der Waals surface area contributed by atoms with Crippen LogP contribution >= 0.6 is 11.6 Å². The highest BCUT2D eigenvalue weighted by atomic mass is 35.5. The third-order valence-electron chi connectivity index (χ3n) is 7.04. The van der Waals surface area contributed by atoms with E-state index < -0.39 is 35.6 Å². The molecule has 3 rings (SSSR count). The Kier molecular flexibility index (Phi) is 12.2. The van der Waals surface area contributed by atoms with Crippen molar-refractivity contribution < 1.29 is 24.2 Å². The Hall–Kier alpha value is -4.04. The second kappa shape index (κ2) is 15.6.